The first-order valence-corrected chi connectivity index (χ1v) is 11.2. The van der Waals surface area contributed by atoms with Gasteiger partial charge >= 0.3 is 6.18 Å². The number of aromatic nitrogens is 2. The number of imidazole rings is 1. The molecule has 0 amide bonds. The highest BCUT2D eigenvalue weighted by Gasteiger charge is 2.34. The average Bonchev–Trinajstić information content (AvgIpc) is 3.23. The number of hydrogen-bond acceptors (Lipinski definition) is 2. The molecule has 170 valence electrons. The second-order valence-electron chi connectivity index (χ2n) is 8.78. The van der Waals surface area contributed by atoms with Gasteiger partial charge in [-0.25, -0.2) is 4.98 Å². The zero-order valence-corrected chi connectivity index (χ0v) is 18.5. The molecule has 1 aromatic carbocycles. The molecule has 1 aliphatic rings. The van der Waals surface area contributed by atoms with Crippen LogP contribution < -0.4 is 5.73 Å². The molecule has 2 heterocycles. The third-order valence-corrected chi connectivity index (χ3v) is 6.42. The number of aryl methyl sites for hydroxylation is 2. The van der Waals surface area contributed by atoms with E-state index in [-0.39, 0.29) is 6.04 Å². The van der Waals surface area contributed by atoms with E-state index in [2.05, 4.69) is 24.0 Å². The number of alkyl halides is 3. The van der Waals surface area contributed by atoms with Gasteiger partial charge in [-0.15, -0.1) is 0 Å². The molecule has 0 bridgehead atoms. The number of hydrogen-bond donors (Lipinski definition) is 1. The quantitative estimate of drug-likeness (QED) is 0.405. The molecule has 4 nitrogen and oxygen atoms in total. The SMILES string of the molecule is CCc1ccc(C(N)=N[C@@H]2CCC[C@H](Cc3ccc(C)c4nc(C(F)(F)F)cn34)C2)cc1. The fraction of sp³-hybridized carbons (Fsp3) is 0.440. The van der Waals surface area contributed by atoms with Gasteiger partial charge in [0.25, 0.3) is 0 Å². The van der Waals surface area contributed by atoms with Crippen LogP contribution in [0.25, 0.3) is 5.65 Å². The van der Waals surface area contributed by atoms with Crippen molar-refractivity contribution in [1.29, 1.82) is 0 Å². The van der Waals surface area contributed by atoms with Crippen molar-refractivity contribution in [3.63, 3.8) is 0 Å². The van der Waals surface area contributed by atoms with Crippen molar-refractivity contribution < 1.29 is 13.2 Å². The molecular formula is C25H29F3N4. The van der Waals surface area contributed by atoms with Gasteiger partial charge in [-0.05, 0) is 62.1 Å². The summed E-state index contributed by atoms with van der Waals surface area (Å²) in [6, 6.07) is 12.1. The molecule has 0 radical (unpaired) electrons. The molecule has 2 atom stereocenters. The Morgan fingerprint density at radius 3 is 2.59 bits per heavy atom. The number of amidine groups is 1. The smallest absolute Gasteiger partial charge is 0.383 e. The molecular weight excluding hydrogens is 413 g/mol. The van der Waals surface area contributed by atoms with E-state index in [9.17, 15) is 13.2 Å². The Hall–Kier alpha value is -2.83. The Bertz CT molecular complexity index is 1110. The lowest BCUT2D eigenvalue weighted by molar-refractivity contribution is -0.140. The minimum atomic E-state index is -4.45. The molecule has 0 saturated heterocycles. The summed E-state index contributed by atoms with van der Waals surface area (Å²) in [7, 11) is 0. The normalized spacial score (nSPS) is 20.1. The van der Waals surface area contributed by atoms with Crippen LogP contribution in [-0.4, -0.2) is 21.3 Å². The maximum atomic E-state index is 13.2. The van der Waals surface area contributed by atoms with Crippen LogP contribution >= 0.6 is 0 Å². The first-order valence-electron chi connectivity index (χ1n) is 11.2. The van der Waals surface area contributed by atoms with Crippen LogP contribution in [0, 0.1) is 12.8 Å². The number of aliphatic imine (C=N–C) groups is 1. The lowest BCUT2D eigenvalue weighted by atomic mass is 9.83. The molecule has 7 heteroatoms. The highest BCUT2D eigenvalue weighted by molar-refractivity contribution is 5.97. The van der Waals surface area contributed by atoms with Crippen molar-refractivity contribution in [3.05, 3.63) is 70.7 Å². The van der Waals surface area contributed by atoms with E-state index < -0.39 is 11.9 Å². The van der Waals surface area contributed by atoms with Crippen LogP contribution in [0.1, 0.15) is 60.7 Å². The van der Waals surface area contributed by atoms with E-state index in [1.807, 2.05) is 24.3 Å². The van der Waals surface area contributed by atoms with Gasteiger partial charge < -0.3 is 10.1 Å². The van der Waals surface area contributed by atoms with Crippen LogP contribution in [0.3, 0.4) is 0 Å². The summed E-state index contributed by atoms with van der Waals surface area (Å²) in [5, 5.41) is 0. The van der Waals surface area contributed by atoms with Crippen molar-refractivity contribution in [2.75, 3.05) is 0 Å². The van der Waals surface area contributed by atoms with E-state index in [1.54, 1.807) is 11.3 Å². The van der Waals surface area contributed by atoms with Crippen molar-refractivity contribution in [1.82, 2.24) is 9.38 Å². The highest BCUT2D eigenvalue weighted by Crippen LogP contribution is 2.32. The van der Waals surface area contributed by atoms with Crippen LogP contribution in [0.2, 0.25) is 0 Å². The summed E-state index contributed by atoms with van der Waals surface area (Å²) in [5.41, 5.74) is 9.59. The minimum Gasteiger partial charge on any atom is -0.383 e. The predicted molar refractivity (Wildman–Crippen MR) is 121 cm³/mol. The third kappa shape index (κ3) is 4.81. The number of fused-ring (bicyclic) bond motifs is 1. The van der Waals surface area contributed by atoms with Crippen molar-refractivity contribution in [2.45, 2.75) is 64.6 Å². The third-order valence-electron chi connectivity index (χ3n) is 6.42. The van der Waals surface area contributed by atoms with E-state index in [0.29, 0.717) is 23.8 Å². The van der Waals surface area contributed by atoms with Crippen LogP contribution in [0.15, 0.2) is 47.6 Å². The Balaban J connectivity index is 1.51. The summed E-state index contributed by atoms with van der Waals surface area (Å²) in [6.45, 7) is 3.90. The fourth-order valence-corrected chi connectivity index (χ4v) is 4.60. The number of nitrogens with zero attached hydrogens (tertiary/aromatic N) is 3. The molecule has 1 fully saturated rings. The second kappa shape index (κ2) is 8.96. The molecule has 4 rings (SSSR count). The van der Waals surface area contributed by atoms with Crippen LogP contribution in [-0.2, 0) is 19.0 Å². The monoisotopic (exact) mass is 442 g/mol. The predicted octanol–water partition coefficient (Wildman–Crippen LogP) is 5.73. The van der Waals surface area contributed by atoms with Gasteiger partial charge in [0.15, 0.2) is 5.69 Å². The second-order valence-corrected chi connectivity index (χ2v) is 8.78. The van der Waals surface area contributed by atoms with Crippen molar-refractivity contribution >= 4 is 11.5 Å². The zero-order chi connectivity index (χ0) is 22.9. The molecule has 2 N–H and O–H groups in total. The topological polar surface area (TPSA) is 55.7 Å². The summed E-state index contributed by atoms with van der Waals surface area (Å²) >= 11 is 0. The Kier molecular flexibility index (Phi) is 6.26. The van der Waals surface area contributed by atoms with Crippen LogP contribution in [0.4, 0.5) is 13.2 Å². The minimum absolute atomic E-state index is 0.133. The van der Waals surface area contributed by atoms with Gasteiger partial charge in [0.05, 0.1) is 6.04 Å². The summed E-state index contributed by atoms with van der Waals surface area (Å²) in [5.74, 6) is 0.899. The largest absolute Gasteiger partial charge is 0.434 e. The van der Waals surface area contributed by atoms with Gasteiger partial charge in [0, 0.05) is 17.5 Å². The number of rotatable bonds is 5. The maximum absolute atomic E-state index is 13.2. The van der Waals surface area contributed by atoms with E-state index in [4.69, 9.17) is 10.7 Å². The molecule has 32 heavy (non-hydrogen) atoms. The lowest BCUT2D eigenvalue weighted by Crippen LogP contribution is -2.24. The summed E-state index contributed by atoms with van der Waals surface area (Å²) in [6.07, 6.45) is 2.28. The standard InChI is InChI=1S/C25H29F3N4/c1-3-17-8-10-19(11-9-17)23(29)30-20-6-4-5-18(13-20)14-21-12-7-16(2)24-31-22(15-32(21)24)25(26,27)28/h7-12,15,18,20H,3-6,13-14H2,1-2H3,(H2,29,30)/t18-,20+/m0/s1. The maximum Gasteiger partial charge on any atom is 0.434 e. The lowest BCUT2D eigenvalue weighted by Gasteiger charge is -2.27. The fourth-order valence-electron chi connectivity index (χ4n) is 4.60. The molecule has 0 spiro atoms. The van der Waals surface area contributed by atoms with Gasteiger partial charge in [0.1, 0.15) is 11.5 Å². The van der Waals surface area contributed by atoms with E-state index in [1.165, 1.54) is 5.56 Å². The van der Waals surface area contributed by atoms with Gasteiger partial charge in [0.2, 0.25) is 0 Å². The van der Waals surface area contributed by atoms with E-state index >= 15 is 0 Å². The van der Waals surface area contributed by atoms with Crippen molar-refractivity contribution in [2.24, 2.45) is 16.6 Å². The number of nitrogens with two attached hydrogens (primary N) is 1. The number of benzene rings is 1. The zero-order valence-electron chi connectivity index (χ0n) is 18.5. The van der Waals surface area contributed by atoms with Crippen molar-refractivity contribution in [3.8, 4) is 0 Å². The summed E-state index contributed by atoms with van der Waals surface area (Å²) in [4.78, 5) is 8.63. The molecule has 2 aromatic heterocycles. The number of halogens is 3. The highest BCUT2D eigenvalue weighted by atomic mass is 19.4. The van der Waals surface area contributed by atoms with Gasteiger partial charge in [-0.3, -0.25) is 4.99 Å². The first-order chi connectivity index (χ1) is 15.2. The molecule has 0 aliphatic heterocycles. The molecule has 1 saturated carbocycles. The molecule has 0 unspecified atom stereocenters. The van der Waals surface area contributed by atoms with E-state index in [0.717, 1.165) is 55.1 Å². The first kappa shape index (κ1) is 22.4. The summed E-state index contributed by atoms with van der Waals surface area (Å²) < 4.78 is 41.2. The molecule has 3 aromatic rings. The van der Waals surface area contributed by atoms with Crippen LogP contribution in [0.5, 0.6) is 0 Å². The molecule has 1 aliphatic carbocycles. The Morgan fingerprint density at radius 2 is 1.91 bits per heavy atom. The average molecular weight is 443 g/mol. The Labute approximate surface area is 186 Å². The number of pyridine rings is 1. The Morgan fingerprint density at radius 1 is 1.16 bits per heavy atom. The van der Waals surface area contributed by atoms with Gasteiger partial charge in [-0.2, -0.15) is 13.2 Å². The van der Waals surface area contributed by atoms with Gasteiger partial charge in [-0.1, -0.05) is 43.7 Å².